The summed E-state index contributed by atoms with van der Waals surface area (Å²) in [5.74, 6) is -4.13. The van der Waals surface area contributed by atoms with Gasteiger partial charge in [-0.3, -0.25) is 0 Å². The van der Waals surface area contributed by atoms with Crippen molar-refractivity contribution < 1.29 is 13.2 Å². The minimum Gasteiger partial charge on any atom is -0.235 e. The van der Waals surface area contributed by atoms with Crippen LogP contribution in [-0.2, 0) is 0 Å². The van der Waals surface area contributed by atoms with Crippen LogP contribution < -0.4 is 0 Å². The van der Waals surface area contributed by atoms with Crippen LogP contribution in [0.15, 0.2) is 22.8 Å². The highest BCUT2D eigenvalue weighted by atomic mass is 79.9. The third kappa shape index (κ3) is 2.42. The van der Waals surface area contributed by atoms with Gasteiger partial charge in [-0.2, -0.15) is 0 Å². The SMILES string of the molecule is Fc1cc(-c2ncc(Br)c(Cl)n2)cc(F)c1F. The predicted octanol–water partition coefficient (Wildman–Crippen LogP) is 3.98. The standard InChI is InChI=1S/C10H3BrClF3N2/c11-5-3-16-10(17-9(5)12)4-1-6(13)8(15)7(14)2-4/h1-3H. The quantitative estimate of drug-likeness (QED) is 0.586. The Morgan fingerprint density at radius 2 is 1.71 bits per heavy atom. The number of halogens is 5. The van der Waals surface area contributed by atoms with E-state index in [1.165, 1.54) is 6.20 Å². The average Bonchev–Trinajstić information content (AvgIpc) is 2.29. The van der Waals surface area contributed by atoms with Gasteiger partial charge < -0.3 is 0 Å². The molecule has 0 aliphatic carbocycles. The van der Waals surface area contributed by atoms with Crippen molar-refractivity contribution in [1.82, 2.24) is 9.97 Å². The van der Waals surface area contributed by atoms with Crippen LogP contribution in [0.4, 0.5) is 13.2 Å². The summed E-state index contributed by atoms with van der Waals surface area (Å²) in [5, 5.41) is 0.0974. The largest absolute Gasteiger partial charge is 0.235 e. The van der Waals surface area contributed by atoms with Gasteiger partial charge in [-0.1, -0.05) is 11.6 Å². The van der Waals surface area contributed by atoms with E-state index in [0.717, 1.165) is 12.1 Å². The van der Waals surface area contributed by atoms with Crippen molar-refractivity contribution >= 4 is 27.5 Å². The first-order chi connectivity index (χ1) is 7.99. The molecule has 1 aromatic carbocycles. The van der Waals surface area contributed by atoms with E-state index >= 15 is 0 Å². The van der Waals surface area contributed by atoms with Gasteiger partial charge in [0.25, 0.3) is 0 Å². The van der Waals surface area contributed by atoms with Crippen molar-refractivity contribution in [2.45, 2.75) is 0 Å². The Labute approximate surface area is 108 Å². The monoisotopic (exact) mass is 322 g/mol. The summed E-state index contributed by atoms with van der Waals surface area (Å²) in [6.07, 6.45) is 1.34. The molecule has 0 bridgehead atoms. The molecule has 88 valence electrons. The van der Waals surface area contributed by atoms with Crippen molar-refractivity contribution in [3.05, 3.63) is 45.4 Å². The molecule has 0 aliphatic rings. The molecule has 2 aromatic rings. The number of benzene rings is 1. The van der Waals surface area contributed by atoms with E-state index in [0.29, 0.717) is 4.47 Å². The molecule has 17 heavy (non-hydrogen) atoms. The molecule has 0 atom stereocenters. The molecule has 1 aromatic heterocycles. The Morgan fingerprint density at radius 3 is 2.24 bits per heavy atom. The molecular weight excluding hydrogens is 320 g/mol. The Kier molecular flexibility index (Phi) is 3.35. The van der Waals surface area contributed by atoms with Crippen molar-refractivity contribution in [3.63, 3.8) is 0 Å². The van der Waals surface area contributed by atoms with Gasteiger partial charge >= 0.3 is 0 Å². The molecule has 0 unspecified atom stereocenters. The number of hydrogen-bond acceptors (Lipinski definition) is 2. The molecule has 2 rings (SSSR count). The first-order valence-electron chi connectivity index (χ1n) is 4.32. The lowest BCUT2D eigenvalue weighted by Gasteiger charge is -2.03. The molecule has 0 N–H and O–H groups in total. The second-order valence-electron chi connectivity index (χ2n) is 3.09. The zero-order valence-corrected chi connectivity index (χ0v) is 10.4. The lowest BCUT2D eigenvalue weighted by molar-refractivity contribution is 0.447. The van der Waals surface area contributed by atoms with Gasteiger partial charge in [0.15, 0.2) is 23.3 Å². The van der Waals surface area contributed by atoms with Gasteiger partial charge in [0.2, 0.25) is 0 Å². The topological polar surface area (TPSA) is 25.8 Å². The summed E-state index contributed by atoms with van der Waals surface area (Å²) >= 11 is 8.79. The van der Waals surface area contributed by atoms with E-state index in [2.05, 4.69) is 25.9 Å². The summed E-state index contributed by atoms with van der Waals surface area (Å²) in [7, 11) is 0. The molecule has 0 spiro atoms. The molecule has 0 saturated heterocycles. The van der Waals surface area contributed by atoms with Crippen LogP contribution in [0.3, 0.4) is 0 Å². The molecule has 1 heterocycles. The van der Waals surface area contributed by atoms with Crippen LogP contribution in [0, 0.1) is 17.5 Å². The van der Waals surface area contributed by atoms with Crippen LogP contribution in [-0.4, -0.2) is 9.97 Å². The molecule has 0 saturated carbocycles. The van der Waals surface area contributed by atoms with Crippen molar-refractivity contribution in [1.29, 1.82) is 0 Å². The van der Waals surface area contributed by atoms with Gasteiger partial charge in [0.1, 0.15) is 5.15 Å². The Bertz CT molecular complexity index is 569. The van der Waals surface area contributed by atoms with Crippen LogP contribution in [0.2, 0.25) is 5.15 Å². The van der Waals surface area contributed by atoms with Crippen LogP contribution >= 0.6 is 27.5 Å². The number of nitrogens with zero attached hydrogens (tertiary/aromatic N) is 2. The lowest BCUT2D eigenvalue weighted by atomic mass is 10.2. The minimum absolute atomic E-state index is 0.0100. The van der Waals surface area contributed by atoms with Crippen molar-refractivity contribution in [2.24, 2.45) is 0 Å². The van der Waals surface area contributed by atoms with Gasteiger partial charge in [-0.05, 0) is 28.1 Å². The summed E-state index contributed by atoms with van der Waals surface area (Å²) in [5.41, 5.74) is 0.0100. The lowest BCUT2D eigenvalue weighted by Crippen LogP contribution is -1.95. The molecule has 0 amide bonds. The van der Waals surface area contributed by atoms with Gasteiger partial charge in [-0.15, -0.1) is 0 Å². The summed E-state index contributed by atoms with van der Waals surface area (Å²) in [4.78, 5) is 7.63. The van der Waals surface area contributed by atoms with E-state index in [4.69, 9.17) is 11.6 Å². The van der Waals surface area contributed by atoms with Gasteiger partial charge in [0, 0.05) is 11.8 Å². The predicted molar refractivity (Wildman–Crippen MR) is 60.1 cm³/mol. The summed E-state index contributed by atoms with van der Waals surface area (Å²) in [6, 6.07) is 1.61. The van der Waals surface area contributed by atoms with Crippen LogP contribution in [0.1, 0.15) is 0 Å². The molecule has 0 radical (unpaired) electrons. The maximum atomic E-state index is 13.0. The fourth-order valence-corrected chi connectivity index (χ4v) is 1.49. The first-order valence-corrected chi connectivity index (χ1v) is 5.49. The number of rotatable bonds is 1. The Morgan fingerprint density at radius 1 is 1.12 bits per heavy atom. The number of aromatic nitrogens is 2. The molecule has 2 nitrogen and oxygen atoms in total. The number of hydrogen-bond donors (Lipinski definition) is 0. The molecular formula is C10H3BrClF3N2. The maximum absolute atomic E-state index is 13.0. The molecule has 7 heteroatoms. The normalized spacial score (nSPS) is 10.6. The van der Waals surface area contributed by atoms with Crippen molar-refractivity contribution in [3.8, 4) is 11.4 Å². The Hall–Kier alpha value is -1.14. The maximum Gasteiger partial charge on any atom is 0.194 e. The van der Waals surface area contributed by atoms with E-state index < -0.39 is 17.5 Å². The van der Waals surface area contributed by atoms with Crippen LogP contribution in [0.25, 0.3) is 11.4 Å². The summed E-state index contributed by atoms with van der Waals surface area (Å²) in [6.45, 7) is 0. The smallest absolute Gasteiger partial charge is 0.194 e. The van der Waals surface area contributed by atoms with Gasteiger partial charge in [0.05, 0.1) is 4.47 Å². The van der Waals surface area contributed by atoms with E-state index in [1.807, 2.05) is 0 Å². The highest BCUT2D eigenvalue weighted by Gasteiger charge is 2.13. The summed E-state index contributed by atoms with van der Waals surface area (Å²) < 4.78 is 39.2. The van der Waals surface area contributed by atoms with E-state index in [-0.39, 0.29) is 16.5 Å². The third-order valence-electron chi connectivity index (χ3n) is 1.94. The highest BCUT2D eigenvalue weighted by molar-refractivity contribution is 9.10. The third-order valence-corrected chi connectivity index (χ3v) is 3.04. The van der Waals surface area contributed by atoms with E-state index in [1.54, 1.807) is 0 Å². The molecule has 0 fully saturated rings. The van der Waals surface area contributed by atoms with E-state index in [9.17, 15) is 13.2 Å². The minimum atomic E-state index is -1.53. The molecule has 0 aliphatic heterocycles. The van der Waals surface area contributed by atoms with Gasteiger partial charge in [-0.25, -0.2) is 23.1 Å². The van der Waals surface area contributed by atoms with Crippen molar-refractivity contribution in [2.75, 3.05) is 0 Å². The van der Waals surface area contributed by atoms with Crippen LogP contribution in [0.5, 0.6) is 0 Å². The zero-order valence-electron chi connectivity index (χ0n) is 8.02. The fraction of sp³-hybridized carbons (Fsp3) is 0. The zero-order chi connectivity index (χ0) is 12.6. The average molecular weight is 323 g/mol. The second-order valence-corrected chi connectivity index (χ2v) is 4.30. The second kappa shape index (κ2) is 4.62. The highest BCUT2D eigenvalue weighted by Crippen LogP contribution is 2.25. The first kappa shape index (κ1) is 12.3. The fourth-order valence-electron chi connectivity index (χ4n) is 1.17. The Balaban J connectivity index is 2.57.